The zero-order valence-corrected chi connectivity index (χ0v) is 14.1. The van der Waals surface area contributed by atoms with Crippen LogP contribution in [0.2, 0.25) is 0 Å². The molecule has 124 valence electrons. The van der Waals surface area contributed by atoms with Crippen molar-refractivity contribution in [1.29, 1.82) is 0 Å². The van der Waals surface area contributed by atoms with Gasteiger partial charge in [-0.15, -0.1) is 0 Å². The molecular formula is C18H25N3O2. The van der Waals surface area contributed by atoms with Gasteiger partial charge in [-0.2, -0.15) is 0 Å². The zero-order chi connectivity index (χ0) is 16.9. The quantitative estimate of drug-likeness (QED) is 0.806. The van der Waals surface area contributed by atoms with E-state index in [1.807, 2.05) is 32.9 Å². The molecule has 23 heavy (non-hydrogen) atoms. The molecule has 1 amide bonds. The molecule has 1 aromatic carbocycles. The van der Waals surface area contributed by atoms with Crippen LogP contribution < -0.4 is 10.6 Å². The van der Waals surface area contributed by atoms with Crippen molar-refractivity contribution in [3.63, 3.8) is 0 Å². The first-order chi connectivity index (χ1) is 10.9. The van der Waals surface area contributed by atoms with Crippen molar-refractivity contribution in [2.45, 2.75) is 26.4 Å². The van der Waals surface area contributed by atoms with Crippen LogP contribution in [-0.2, 0) is 4.74 Å². The number of amides is 1. The van der Waals surface area contributed by atoms with E-state index < -0.39 is 5.60 Å². The Bertz CT molecular complexity index is 585. The maximum Gasteiger partial charge on any atom is 0.410 e. The first kappa shape index (κ1) is 17.2. The van der Waals surface area contributed by atoms with E-state index in [9.17, 15) is 4.79 Å². The Kier molecular flexibility index (Phi) is 5.51. The lowest BCUT2D eigenvalue weighted by Crippen LogP contribution is -2.50. The van der Waals surface area contributed by atoms with E-state index in [4.69, 9.17) is 10.5 Å². The number of rotatable bonds is 1. The van der Waals surface area contributed by atoms with Crippen LogP contribution in [0.1, 0.15) is 26.3 Å². The fourth-order valence-electron chi connectivity index (χ4n) is 2.38. The van der Waals surface area contributed by atoms with Gasteiger partial charge in [-0.1, -0.05) is 11.8 Å². The van der Waals surface area contributed by atoms with Gasteiger partial charge >= 0.3 is 6.09 Å². The number of nitrogens with zero attached hydrogens (tertiary/aromatic N) is 2. The largest absolute Gasteiger partial charge is 0.444 e. The number of hydrogen-bond acceptors (Lipinski definition) is 4. The normalized spacial score (nSPS) is 15.0. The Labute approximate surface area is 138 Å². The van der Waals surface area contributed by atoms with Crippen LogP contribution in [0.3, 0.4) is 0 Å². The van der Waals surface area contributed by atoms with E-state index in [0.29, 0.717) is 19.6 Å². The van der Waals surface area contributed by atoms with Crippen LogP contribution in [0.15, 0.2) is 24.3 Å². The molecule has 0 aromatic heterocycles. The van der Waals surface area contributed by atoms with E-state index in [1.165, 1.54) is 0 Å². The van der Waals surface area contributed by atoms with Gasteiger partial charge in [0.1, 0.15) is 5.60 Å². The van der Waals surface area contributed by atoms with Crippen molar-refractivity contribution in [1.82, 2.24) is 4.90 Å². The van der Waals surface area contributed by atoms with Crippen molar-refractivity contribution in [2.24, 2.45) is 5.73 Å². The van der Waals surface area contributed by atoms with Gasteiger partial charge in [-0.25, -0.2) is 4.79 Å². The Morgan fingerprint density at radius 1 is 1.17 bits per heavy atom. The third-order valence-electron chi connectivity index (χ3n) is 3.50. The minimum absolute atomic E-state index is 0.232. The highest BCUT2D eigenvalue weighted by Gasteiger charge is 2.25. The highest BCUT2D eigenvalue weighted by Crippen LogP contribution is 2.18. The summed E-state index contributed by atoms with van der Waals surface area (Å²) in [6.45, 7) is 8.96. The molecule has 1 aliphatic heterocycles. The topological polar surface area (TPSA) is 58.8 Å². The molecule has 5 heteroatoms. The third-order valence-corrected chi connectivity index (χ3v) is 3.50. The fraction of sp³-hybridized carbons (Fsp3) is 0.500. The van der Waals surface area contributed by atoms with Gasteiger partial charge < -0.3 is 20.3 Å². The predicted molar refractivity (Wildman–Crippen MR) is 92.4 cm³/mol. The number of carbonyl (C=O) groups is 1. The van der Waals surface area contributed by atoms with Crippen molar-refractivity contribution in [3.05, 3.63) is 29.8 Å². The summed E-state index contributed by atoms with van der Waals surface area (Å²) < 4.78 is 5.41. The second kappa shape index (κ2) is 7.38. The molecule has 5 nitrogen and oxygen atoms in total. The standard InChI is InChI=1S/C18H25N3O2/c1-18(2,3)23-17(22)21-13-11-20(12-14-21)16-8-6-15(7-9-16)5-4-10-19/h6-9H,10-14,19H2,1-3H3. The smallest absolute Gasteiger partial charge is 0.410 e. The van der Waals surface area contributed by atoms with Gasteiger partial charge in [0, 0.05) is 37.4 Å². The van der Waals surface area contributed by atoms with Gasteiger partial charge in [0.15, 0.2) is 0 Å². The van der Waals surface area contributed by atoms with Crippen LogP contribution in [0, 0.1) is 11.8 Å². The predicted octanol–water partition coefficient (Wildman–Crippen LogP) is 2.05. The highest BCUT2D eigenvalue weighted by molar-refractivity contribution is 5.68. The molecule has 1 saturated heterocycles. The van der Waals surface area contributed by atoms with Crippen molar-refractivity contribution in [2.75, 3.05) is 37.6 Å². The van der Waals surface area contributed by atoms with Crippen LogP contribution in [0.5, 0.6) is 0 Å². The zero-order valence-electron chi connectivity index (χ0n) is 14.1. The van der Waals surface area contributed by atoms with E-state index in [0.717, 1.165) is 24.3 Å². The van der Waals surface area contributed by atoms with E-state index >= 15 is 0 Å². The lowest BCUT2D eigenvalue weighted by Gasteiger charge is -2.36. The second-order valence-electron chi connectivity index (χ2n) is 6.51. The lowest BCUT2D eigenvalue weighted by molar-refractivity contribution is 0.0240. The average Bonchev–Trinajstić information content (AvgIpc) is 2.52. The van der Waals surface area contributed by atoms with Gasteiger partial charge in [-0.05, 0) is 45.0 Å². The van der Waals surface area contributed by atoms with Gasteiger partial charge in [0.2, 0.25) is 0 Å². The average molecular weight is 315 g/mol. The van der Waals surface area contributed by atoms with E-state index in [-0.39, 0.29) is 6.09 Å². The molecular weight excluding hydrogens is 290 g/mol. The fourth-order valence-corrected chi connectivity index (χ4v) is 2.38. The van der Waals surface area contributed by atoms with Crippen molar-refractivity contribution in [3.8, 4) is 11.8 Å². The van der Waals surface area contributed by atoms with Gasteiger partial charge in [0.25, 0.3) is 0 Å². The van der Waals surface area contributed by atoms with Gasteiger partial charge in [0.05, 0.1) is 6.54 Å². The summed E-state index contributed by atoms with van der Waals surface area (Å²) in [5, 5.41) is 0. The highest BCUT2D eigenvalue weighted by atomic mass is 16.6. The molecule has 0 saturated carbocycles. The Morgan fingerprint density at radius 3 is 2.30 bits per heavy atom. The first-order valence-corrected chi connectivity index (χ1v) is 7.91. The molecule has 1 fully saturated rings. The summed E-state index contributed by atoms with van der Waals surface area (Å²) >= 11 is 0. The van der Waals surface area contributed by atoms with Crippen molar-refractivity contribution < 1.29 is 9.53 Å². The van der Waals surface area contributed by atoms with Crippen molar-refractivity contribution >= 4 is 11.8 Å². The molecule has 0 atom stereocenters. The van der Waals surface area contributed by atoms with Gasteiger partial charge in [-0.3, -0.25) is 0 Å². The summed E-state index contributed by atoms with van der Waals surface area (Å²) in [4.78, 5) is 16.1. The molecule has 0 aliphatic carbocycles. The number of piperazine rings is 1. The number of ether oxygens (including phenoxy) is 1. The molecule has 1 heterocycles. The minimum atomic E-state index is -0.450. The molecule has 0 unspecified atom stereocenters. The Hall–Kier alpha value is -2.19. The van der Waals surface area contributed by atoms with Crippen LogP contribution >= 0.6 is 0 Å². The number of benzene rings is 1. The first-order valence-electron chi connectivity index (χ1n) is 7.91. The summed E-state index contributed by atoms with van der Waals surface area (Å²) in [6, 6.07) is 8.11. The third kappa shape index (κ3) is 5.19. The molecule has 2 rings (SSSR count). The molecule has 0 bridgehead atoms. The summed E-state index contributed by atoms with van der Waals surface area (Å²) in [5.41, 5.74) is 7.03. The summed E-state index contributed by atoms with van der Waals surface area (Å²) in [6.07, 6.45) is -0.232. The number of anilines is 1. The van der Waals surface area contributed by atoms with E-state index in [2.05, 4.69) is 28.9 Å². The number of hydrogen-bond donors (Lipinski definition) is 1. The Morgan fingerprint density at radius 2 is 1.78 bits per heavy atom. The Balaban J connectivity index is 1.90. The molecule has 1 aliphatic rings. The maximum absolute atomic E-state index is 12.1. The van der Waals surface area contributed by atoms with Crippen LogP contribution in [0.25, 0.3) is 0 Å². The molecule has 0 radical (unpaired) electrons. The lowest BCUT2D eigenvalue weighted by atomic mass is 10.2. The minimum Gasteiger partial charge on any atom is -0.444 e. The summed E-state index contributed by atoms with van der Waals surface area (Å²) in [7, 11) is 0. The SMILES string of the molecule is CC(C)(C)OC(=O)N1CCN(c2ccc(C#CCN)cc2)CC1. The summed E-state index contributed by atoms with van der Waals surface area (Å²) in [5.74, 6) is 5.86. The molecule has 2 N–H and O–H groups in total. The van der Waals surface area contributed by atoms with Crippen LogP contribution in [-0.4, -0.2) is 49.3 Å². The van der Waals surface area contributed by atoms with Crippen LogP contribution in [0.4, 0.5) is 10.5 Å². The maximum atomic E-state index is 12.1. The number of carbonyl (C=O) groups excluding carboxylic acids is 1. The molecule has 0 spiro atoms. The monoisotopic (exact) mass is 315 g/mol. The number of nitrogens with two attached hydrogens (primary N) is 1. The second-order valence-corrected chi connectivity index (χ2v) is 6.51. The van der Waals surface area contributed by atoms with E-state index in [1.54, 1.807) is 4.90 Å². The molecule has 1 aromatic rings.